The number of hydrogen-bond acceptors (Lipinski definition) is 3. The van der Waals surface area contributed by atoms with Gasteiger partial charge in [-0.15, -0.1) is 6.58 Å². The van der Waals surface area contributed by atoms with Crippen molar-refractivity contribution in [1.29, 1.82) is 0 Å². The van der Waals surface area contributed by atoms with Gasteiger partial charge in [-0.2, -0.15) is 0 Å². The van der Waals surface area contributed by atoms with Gasteiger partial charge in [0.25, 0.3) is 0 Å². The maximum Gasteiger partial charge on any atom is 0.231 e. The van der Waals surface area contributed by atoms with Gasteiger partial charge in [0.05, 0.1) is 7.11 Å². The molecule has 0 fully saturated rings. The van der Waals surface area contributed by atoms with Gasteiger partial charge in [-0.1, -0.05) is 17.7 Å². The minimum absolute atomic E-state index is 0.255. The minimum atomic E-state index is 0.255. The Kier molecular flexibility index (Phi) is 4.15. The molecule has 2 rings (SSSR count). The van der Waals surface area contributed by atoms with Gasteiger partial charge in [0.2, 0.25) is 12.5 Å². The zero-order valence-electron chi connectivity index (χ0n) is 11.8. The third kappa shape index (κ3) is 2.75. The van der Waals surface area contributed by atoms with Crippen LogP contribution >= 0.6 is 0 Å². The highest BCUT2D eigenvalue weighted by Gasteiger charge is 2.24. The highest BCUT2D eigenvalue weighted by molar-refractivity contribution is 5.61. The Balaban J connectivity index is 2.52. The number of hydrogen-bond donors (Lipinski definition) is 0. The molecule has 1 aliphatic rings. The molecule has 0 aliphatic carbocycles. The number of allylic oxidation sites excluding steroid dienone is 3. The SMILES string of the molecule is C=CCc1cc2c(c(OC)c1CC=C(C)C)OCO2. The lowest BCUT2D eigenvalue weighted by atomic mass is 9.98. The molecule has 3 nitrogen and oxygen atoms in total. The predicted molar refractivity (Wildman–Crippen MR) is 76.2 cm³/mol. The van der Waals surface area contributed by atoms with Crippen LogP contribution < -0.4 is 14.2 Å². The lowest BCUT2D eigenvalue weighted by Crippen LogP contribution is -1.99. The van der Waals surface area contributed by atoms with E-state index in [1.807, 2.05) is 12.1 Å². The Morgan fingerprint density at radius 2 is 2.16 bits per heavy atom. The standard InChI is InChI=1S/C16H20O3/c1-5-6-12-9-14-16(19-10-18-14)15(17-4)13(12)8-7-11(2)3/h5,7,9H,1,6,8,10H2,2-4H3. The van der Waals surface area contributed by atoms with E-state index < -0.39 is 0 Å². The van der Waals surface area contributed by atoms with Crippen molar-refractivity contribution in [1.82, 2.24) is 0 Å². The van der Waals surface area contributed by atoms with Crippen molar-refractivity contribution in [2.45, 2.75) is 26.7 Å². The van der Waals surface area contributed by atoms with Crippen molar-refractivity contribution >= 4 is 0 Å². The van der Waals surface area contributed by atoms with Gasteiger partial charge >= 0.3 is 0 Å². The Hall–Kier alpha value is -1.90. The van der Waals surface area contributed by atoms with Gasteiger partial charge in [0, 0.05) is 5.56 Å². The van der Waals surface area contributed by atoms with Crippen molar-refractivity contribution in [3.05, 3.63) is 41.5 Å². The largest absolute Gasteiger partial charge is 0.492 e. The van der Waals surface area contributed by atoms with Gasteiger partial charge in [-0.3, -0.25) is 0 Å². The summed E-state index contributed by atoms with van der Waals surface area (Å²) in [6.45, 7) is 8.25. The van der Waals surface area contributed by atoms with Crippen LogP contribution in [0.15, 0.2) is 30.4 Å². The van der Waals surface area contributed by atoms with E-state index in [0.29, 0.717) is 5.75 Å². The maximum absolute atomic E-state index is 5.54. The van der Waals surface area contributed by atoms with Gasteiger partial charge in [0.15, 0.2) is 11.5 Å². The molecule has 0 bridgehead atoms. The molecule has 1 aliphatic heterocycles. The Morgan fingerprint density at radius 1 is 1.37 bits per heavy atom. The average Bonchev–Trinajstić information content (AvgIpc) is 2.83. The molecule has 0 radical (unpaired) electrons. The zero-order chi connectivity index (χ0) is 13.8. The molecule has 3 heteroatoms. The third-order valence-electron chi connectivity index (χ3n) is 3.10. The van der Waals surface area contributed by atoms with Crippen LogP contribution in [0.3, 0.4) is 0 Å². The summed E-state index contributed by atoms with van der Waals surface area (Å²) in [6.07, 6.45) is 5.69. The van der Waals surface area contributed by atoms with Crippen LogP contribution in [-0.4, -0.2) is 13.9 Å². The molecule has 0 aromatic heterocycles. The van der Waals surface area contributed by atoms with E-state index in [2.05, 4.69) is 26.5 Å². The highest BCUT2D eigenvalue weighted by atomic mass is 16.7. The van der Waals surface area contributed by atoms with Crippen LogP contribution in [0.5, 0.6) is 17.2 Å². The van der Waals surface area contributed by atoms with E-state index in [0.717, 1.165) is 29.9 Å². The molecule has 1 aromatic rings. The van der Waals surface area contributed by atoms with E-state index in [4.69, 9.17) is 14.2 Å². The smallest absolute Gasteiger partial charge is 0.231 e. The van der Waals surface area contributed by atoms with Crippen LogP contribution in [0, 0.1) is 0 Å². The lowest BCUT2D eigenvalue weighted by molar-refractivity contribution is 0.171. The summed E-state index contributed by atoms with van der Waals surface area (Å²) in [5.74, 6) is 2.26. The fourth-order valence-electron chi connectivity index (χ4n) is 2.18. The number of rotatable bonds is 5. The number of ether oxygens (including phenoxy) is 3. The number of fused-ring (bicyclic) bond motifs is 1. The van der Waals surface area contributed by atoms with E-state index in [1.165, 1.54) is 11.1 Å². The van der Waals surface area contributed by atoms with Gasteiger partial charge in [-0.25, -0.2) is 0 Å². The van der Waals surface area contributed by atoms with Crippen LogP contribution in [0.2, 0.25) is 0 Å². The Labute approximate surface area is 114 Å². The molecule has 102 valence electrons. The second-order valence-corrected chi connectivity index (χ2v) is 4.76. The van der Waals surface area contributed by atoms with Crippen molar-refractivity contribution in [2.24, 2.45) is 0 Å². The number of benzene rings is 1. The maximum atomic E-state index is 5.54. The predicted octanol–water partition coefficient (Wildman–Crippen LogP) is 3.66. The molecular weight excluding hydrogens is 240 g/mol. The molecule has 1 heterocycles. The summed E-state index contributed by atoms with van der Waals surface area (Å²) < 4.78 is 16.5. The molecule has 0 saturated carbocycles. The molecule has 0 unspecified atom stereocenters. The molecule has 1 aromatic carbocycles. The first-order valence-electron chi connectivity index (χ1n) is 6.40. The molecule has 0 saturated heterocycles. The fourth-order valence-corrected chi connectivity index (χ4v) is 2.18. The lowest BCUT2D eigenvalue weighted by Gasteiger charge is -2.14. The van der Waals surface area contributed by atoms with Crippen molar-refractivity contribution < 1.29 is 14.2 Å². The monoisotopic (exact) mass is 260 g/mol. The average molecular weight is 260 g/mol. The van der Waals surface area contributed by atoms with Gasteiger partial charge < -0.3 is 14.2 Å². The van der Waals surface area contributed by atoms with Crippen LogP contribution in [0.4, 0.5) is 0 Å². The van der Waals surface area contributed by atoms with Gasteiger partial charge in [0.1, 0.15) is 0 Å². The van der Waals surface area contributed by atoms with Crippen LogP contribution in [-0.2, 0) is 12.8 Å². The third-order valence-corrected chi connectivity index (χ3v) is 3.10. The number of methoxy groups -OCH3 is 1. The summed E-state index contributed by atoms with van der Waals surface area (Å²) in [7, 11) is 1.67. The Morgan fingerprint density at radius 3 is 2.79 bits per heavy atom. The van der Waals surface area contributed by atoms with Gasteiger partial charge in [-0.05, 0) is 38.3 Å². The summed E-state index contributed by atoms with van der Waals surface area (Å²) in [5, 5.41) is 0. The normalized spacial score (nSPS) is 12.2. The summed E-state index contributed by atoms with van der Waals surface area (Å²) >= 11 is 0. The molecule has 0 amide bonds. The summed E-state index contributed by atoms with van der Waals surface area (Å²) in [5.41, 5.74) is 3.60. The molecular formula is C16H20O3. The van der Waals surface area contributed by atoms with E-state index in [9.17, 15) is 0 Å². The second kappa shape index (κ2) is 5.83. The molecule has 19 heavy (non-hydrogen) atoms. The fraction of sp³-hybridized carbons (Fsp3) is 0.375. The van der Waals surface area contributed by atoms with E-state index in [-0.39, 0.29) is 6.79 Å². The molecule has 0 atom stereocenters. The Bertz CT molecular complexity index is 511. The van der Waals surface area contributed by atoms with Crippen molar-refractivity contribution in [3.8, 4) is 17.2 Å². The quantitative estimate of drug-likeness (QED) is 0.756. The second-order valence-electron chi connectivity index (χ2n) is 4.76. The molecule has 0 spiro atoms. The first-order chi connectivity index (χ1) is 9.17. The first-order valence-corrected chi connectivity index (χ1v) is 6.40. The topological polar surface area (TPSA) is 27.7 Å². The summed E-state index contributed by atoms with van der Waals surface area (Å²) in [6, 6.07) is 2.03. The van der Waals surface area contributed by atoms with Crippen LogP contribution in [0.1, 0.15) is 25.0 Å². The highest BCUT2D eigenvalue weighted by Crippen LogP contribution is 2.45. The van der Waals surface area contributed by atoms with Crippen molar-refractivity contribution in [3.63, 3.8) is 0 Å². The zero-order valence-corrected chi connectivity index (χ0v) is 11.8. The summed E-state index contributed by atoms with van der Waals surface area (Å²) in [4.78, 5) is 0. The van der Waals surface area contributed by atoms with E-state index in [1.54, 1.807) is 7.11 Å². The molecule has 0 N–H and O–H groups in total. The van der Waals surface area contributed by atoms with E-state index >= 15 is 0 Å². The van der Waals surface area contributed by atoms with Crippen molar-refractivity contribution in [2.75, 3.05) is 13.9 Å². The van der Waals surface area contributed by atoms with Crippen LogP contribution in [0.25, 0.3) is 0 Å². The minimum Gasteiger partial charge on any atom is -0.492 e. The first kappa shape index (κ1) is 13.5.